The summed E-state index contributed by atoms with van der Waals surface area (Å²) >= 11 is 9.78. The van der Waals surface area contributed by atoms with E-state index in [-0.39, 0.29) is 0 Å². The first kappa shape index (κ1) is 10.5. The van der Waals surface area contributed by atoms with Crippen molar-refractivity contribution in [2.75, 3.05) is 0 Å². The number of halogens is 1. The first-order valence-corrected chi connectivity index (χ1v) is 6.93. The molecule has 2 aromatic rings. The van der Waals surface area contributed by atoms with E-state index >= 15 is 0 Å². The van der Waals surface area contributed by atoms with Crippen LogP contribution in [0.25, 0.3) is 10.1 Å². The van der Waals surface area contributed by atoms with E-state index in [1.807, 2.05) is 11.3 Å². The van der Waals surface area contributed by atoms with Crippen LogP contribution in [0.1, 0.15) is 17.4 Å². The molecule has 0 radical (unpaired) electrons. The molecular weight excluding hydrogens is 276 g/mol. The number of alkyl halides is 1. The zero-order chi connectivity index (χ0) is 10.1. The van der Waals surface area contributed by atoms with Crippen LogP contribution in [0.2, 0.25) is 0 Å². The molecule has 0 amide bonds. The number of hydrogen-bond donors (Lipinski definition) is 1. The number of benzene rings is 1. The van der Waals surface area contributed by atoms with Crippen LogP contribution in [-0.4, -0.2) is 0 Å². The minimum Gasteiger partial charge on any atom is -0.143 e. The zero-order valence-corrected chi connectivity index (χ0v) is 11.2. The summed E-state index contributed by atoms with van der Waals surface area (Å²) in [5.74, 6) is 0. The van der Waals surface area contributed by atoms with Crippen LogP contribution in [0, 0.1) is 0 Å². The quantitative estimate of drug-likeness (QED) is 0.603. The molecule has 1 aromatic carbocycles. The fourth-order valence-corrected chi connectivity index (χ4v) is 3.46. The Morgan fingerprint density at radius 2 is 2.14 bits per heavy atom. The maximum atomic E-state index is 4.42. The molecule has 0 N–H and O–H groups in total. The molecular formula is C11H11BrS2. The summed E-state index contributed by atoms with van der Waals surface area (Å²) < 4.78 is 1.42. The maximum absolute atomic E-state index is 4.42. The third-order valence-electron chi connectivity index (χ3n) is 2.24. The molecule has 0 nitrogen and oxygen atoms in total. The van der Waals surface area contributed by atoms with Crippen LogP contribution in [0.3, 0.4) is 0 Å². The lowest BCUT2D eigenvalue weighted by Gasteiger charge is -2.00. The Morgan fingerprint density at radius 1 is 1.36 bits per heavy atom. The van der Waals surface area contributed by atoms with Crippen LogP contribution < -0.4 is 0 Å². The van der Waals surface area contributed by atoms with Crippen molar-refractivity contribution in [2.45, 2.75) is 23.6 Å². The summed E-state index contributed by atoms with van der Waals surface area (Å²) in [7, 11) is 0. The highest BCUT2D eigenvalue weighted by Crippen LogP contribution is 2.32. The lowest BCUT2D eigenvalue weighted by molar-refractivity contribution is 1.15. The molecule has 3 heteroatoms. The summed E-state index contributed by atoms with van der Waals surface area (Å²) in [5, 5.41) is 2.27. The van der Waals surface area contributed by atoms with Crippen LogP contribution in [0.5, 0.6) is 0 Å². The van der Waals surface area contributed by atoms with Gasteiger partial charge in [-0.2, -0.15) is 0 Å². The second-order valence-electron chi connectivity index (χ2n) is 3.22. The molecule has 0 saturated heterocycles. The first-order chi connectivity index (χ1) is 6.74. The number of hydrogen-bond acceptors (Lipinski definition) is 2. The molecule has 1 aromatic heterocycles. The van der Waals surface area contributed by atoms with Gasteiger partial charge in [0.05, 0.1) is 0 Å². The van der Waals surface area contributed by atoms with Crippen molar-refractivity contribution in [1.29, 1.82) is 0 Å². The molecule has 0 bridgehead atoms. The van der Waals surface area contributed by atoms with Crippen molar-refractivity contribution in [3.05, 3.63) is 28.6 Å². The van der Waals surface area contributed by atoms with E-state index in [4.69, 9.17) is 0 Å². The molecule has 2 rings (SSSR count). The minimum absolute atomic E-state index is 0.942. The predicted molar refractivity (Wildman–Crippen MR) is 71.1 cm³/mol. The lowest BCUT2D eigenvalue weighted by atomic mass is 10.1. The summed E-state index contributed by atoms with van der Waals surface area (Å²) in [6.45, 7) is 2.19. The average Bonchev–Trinajstić information content (AvgIpc) is 2.59. The third kappa shape index (κ3) is 1.86. The van der Waals surface area contributed by atoms with Gasteiger partial charge in [-0.25, -0.2) is 0 Å². The van der Waals surface area contributed by atoms with E-state index in [2.05, 4.69) is 53.7 Å². The van der Waals surface area contributed by atoms with Crippen molar-refractivity contribution < 1.29 is 0 Å². The van der Waals surface area contributed by atoms with Gasteiger partial charge in [0.25, 0.3) is 0 Å². The highest BCUT2D eigenvalue weighted by molar-refractivity contribution is 9.08. The van der Waals surface area contributed by atoms with Gasteiger partial charge in [0.15, 0.2) is 0 Å². The van der Waals surface area contributed by atoms with Crippen molar-refractivity contribution >= 4 is 50.0 Å². The molecule has 14 heavy (non-hydrogen) atoms. The number of fused-ring (bicyclic) bond motifs is 1. The minimum atomic E-state index is 0.942. The Kier molecular flexibility index (Phi) is 3.20. The number of rotatable bonds is 2. The lowest BCUT2D eigenvalue weighted by Crippen LogP contribution is -1.79. The summed E-state index contributed by atoms with van der Waals surface area (Å²) in [6, 6.07) is 6.55. The van der Waals surface area contributed by atoms with E-state index in [9.17, 15) is 0 Å². The van der Waals surface area contributed by atoms with Crippen LogP contribution in [0.4, 0.5) is 0 Å². The molecule has 1 heterocycles. The second kappa shape index (κ2) is 4.25. The van der Waals surface area contributed by atoms with Crippen LogP contribution in [-0.2, 0) is 11.8 Å². The largest absolute Gasteiger partial charge is 0.143 e. The second-order valence-corrected chi connectivity index (χ2v) is 5.44. The van der Waals surface area contributed by atoms with Gasteiger partial charge >= 0.3 is 0 Å². The molecule has 0 aliphatic heterocycles. The van der Waals surface area contributed by atoms with Gasteiger partial charge < -0.3 is 0 Å². The standard InChI is InChI=1S/C11H11BrS2/c1-2-7-3-9(13)4-8-5-10(6-12)14-11(7)8/h3-5,13H,2,6H2,1H3. The molecule has 0 unspecified atom stereocenters. The zero-order valence-electron chi connectivity index (χ0n) is 7.88. The summed E-state index contributed by atoms with van der Waals surface area (Å²) in [5.41, 5.74) is 1.41. The molecule has 0 spiro atoms. The fraction of sp³-hybridized carbons (Fsp3) is 0.273. The maximum Gasteiger partial charge on any atom is 0.0378 e. The SMILES string of the molecule is CCc1cc(S)cc2cc(CBr)sc12. The number of aryl methyl sites for hydroxylation is 1. The normalized spacial score (nSPS) is 11.1. The van der Waals surface area contributed by atoms with E-state index in [0.717, 1.165) is 16.6 Å². The molecule has 0 fully saturated rings. The van der Waals surface area contributed by atoms with Crippen LogP contribution >= 0.6 is 39.9 Å². The summed E-state index contributed by atoms with van der Waals surface area (Å²) in [4.78, 5) is 2.45. The van der Waals surface area contributed by atoms with Gasteiger partial charge in [0.2, 0.25) is 0 Å². The summed E-state index contributed by atoms with van der Waals surface area (Å²) in [6.07, 6.45) is 1.08. The fourth-order valence-electron chi connectivity index (χ4n) is 1.59. The van der Waals surface area contributed by atoms with Crippen molar-refractivity contribution in [1.82, 2.24) is 0 Å². The molecule has 0 atom stereocenters. The van der Waals surface area contributed by atoms with E-state index in [0.29, 0.717) is 0 Å². The highest BCUT2D eigenvalue weighted by Gasteiger charge is 2.05. The van der Waals surface area contributed by atoms with Gasteiger partial charge in [-0.1, -0.05) is 22.9 Å². The number of thiol groups is 1. The average molecular weight is 287 g/mol. The molecule has 0 aliphatic rings. The topological polar surface area (TPSA) is 0 Å². The van der Waals surface area contributed by atoms with Crippen molar-refractivity contribution in [2.24, 2.45) is 0 Å². The Balaban J connectivity index is 2.71. The predicted octanol–water partition coefficient (Wildman–Crippen LogP) is 4.65. The Hall–Kier alpha value is 0.01000. The van der Waals surface area contributed by atoms with E-state index < -0.39 is 0 Å². The van der Waals surface area contributed by atoms with Gasteiger partial charge in [0, 0.05) is 19.8 Å². The first-order valence-electron chi connectivity index (χ1n) is 4.55. The van der Waals surface area contributed by atoms with Gasteiger partial charge in [-0.3, -0.25) is 0 Å². The van der Waals surface area contributed by atoms with Gasteiger partial charge in [-0.05, 0) is 35.6 Å². The Morgan fingerprint density at radius 3 is 2.79 bits per heavy atom. The van der Waals surface area contributed by atoms with E-state index in [1.165, 1.54) is 20.5 Å². The molecule has 74 valence electrons. The smallest absolute Gasteiger partial charge is 0.0378 e. The molecule has 0 aliphatic carbocycles. The Labute approximate surface area is 102 Å². The number of thiophene rings is 1. The van der Waals surface area contributed by atoms with Crippen LogP contribution in [0.15, 0.2) is 23.1 Å². The molecule has 0 saturated carbocycles. The monoisotopic (exact) mass is 286 g/mol. The van der Waals surface area contributed by atoms with Gasteiger partial charge in [-0.15, -0.1) is 24.0 Å². The highest BCUT2D eigenvalue weighted by atomic mass is 79.9. The van der Waals surface area contributed by atoms with Crippen molar-refractivity contribution in [3.63, 3.8) is 0 Å². The van der Waals surface area contributed by atoms with E-state index in [1.54, 1.807) is 0 Å². The Bertz CT molecular complexity index is 460. The van der Waals surface area contributed by atoms with Gasteiger partial charge in [0.1, 0.15) is 0 Å². The third-order valence-corrected chi connectivity index (χ3v) is 4.70. The van der Waals surface area contributed by atoms with Crippen molar-refractivity contribution in [3.8, 4) is 0 Å².